The Bertz CT molecular complexity index is 430. The van der Waals surface area contributed by atoms with Gasteiger partial charge in [0, 0.05) is 6.54 Å². The molecule has 3 heteroatoms. The van der Waals surface area contributed by atoms with E-state index in [0.29, 0.717) is 5.92 Å². The van der Waals surface area contributed by atoms with E-state index in [1.807, 2.05) is 18.2 Å². The van der Waals surface area contributed by atoms with Crippen molar-refractivity contribution in [2.75, 3.05) is 13.1 Å². The van der Waals surface area contributed by atoms with Crippen LogP contribution in [0.4, 0.5) is 0 Å². The van der Waals surface area contributed by atoms with Gasteiger partial charge in [-0.3, -0.25) is 9.69 Å². The van der Waals surface area contributed by atoms with E-state index in [1.165, 1.54) is 0 Å². The van der Waals surface area contributed by atoms with Gasteiger partial charge in [0.05, 0.1) is 12.1 Å². The van der Waals surface area contributed by atoms with Crippen LogP contribution in [0.1, 0.15) is 45.2 Å². The van der Waals surface area contributed by atoms with Crippen LogP contribution >= 0.6 is 0 Å². The summed E-state index contributed by atoms with van der Waals surface area (Å²) in [5, 5.41) is 3.16. The first-order chi connectivity index (χ1) is 9.58. The third-order valence-electron chi connectivity index (χ3n) is 3.92. The van der Waals surface area contributed by atoms with Crippen LogP contribution in [-0.2, 0) is 4.79 Å². The van der Waals surface area contributed by atoms with E-state index in [2.05, 4.69) is 43.1 Å². The largest absolute Gasteiger partial charge is 0.348 e. The van der Waals surface area contributed by atoms with Gasteiger partial charge in [-0.1, -0.05) is 44.2 Å². The Kier molecular flexibility index (Phi) is 5.18. The number of nitrogens with zero attached hydrogens (tertiary/aromatic N) is 1. The highest BCUT2D eigenvalue weighted by molar-refractivity contribution is 5.82. The van der Waals surface area contributed by atoms with E-state index >= 15 is 0 Å². The van der Waals surface area contributed by atoms with Crippen molar-refractivity contribution in [1.29, 1.82) is 0 Å². The van der Waals surface area contributed by atoms with Crippen LogP contribution in [0, 0.1) is 5.92 Å². The predicted octanol–water partition coefficient (Wildman–Crippen LogP) is 2.98. The Morgan fingerprint density at radius 2 is 2.00 bits per heavy atom. The average Bonchev–Trinajstić information content (AvgIpc) is 2.87. The van der Waals surface area contributed by atoms with E-state index in [4.69, 9.17) is 0 Å². The number of rotatable bonds is 5. The first-order valence-electron chi connectivity index (χ1n) is 7.67. The molecule has 0 spiro atoms. The fraction of sp³-hybridized carbons (Fsp3) is 0.588. The second-order valence-corrected chi connectivity index (χ2v) is 6.19. The van der Waals surface area contributed by atoms with Crippen LogP contribution in [0.15, 0.2) is 30.3 Å². The molecular weight excluding hydrogens is 248 g/mol. The summed E-state index contributed by atoms with van der Waals surface area (Å²) in [4.78, 5) is 14.8. The third kappa shape index (κ3) is 3.83. The first-order valence-corrected chi connectivity index (χ1v) is 7.67. The van der Waals surface area contributed by atoms with E-state index < -0.39 is 0 Å². The molecule has 1 aromatic carbocycles. The smallest absolute Gasteiger partial charge is 0.237 e. The Morgan fingerprint density at radius 3 is 2.65 bits per heavy atom. The molecule has 1 aliphatic heterocycles. The van der Waals surface area contributed by atoms with Crippen LogP contribution in [0.25, 0.3) is 0 Å². The fourth-order valence-corrected chi connectivity index (χ4v) is 2.95. The highest BCUT2D eigenvalue weighted by Gasteiger charge is 2.31. The molecule has 20 heavy (non-hydrogen) atoms. The number of amides is 1. The molecule has 0 aromatic heterocycles. The summed E-state index contributed by atoms with van der Waals surface area (Å²) in [5.74, 6) is 0.787. The Labute approximate surface area is 122 Å². The molecule has 1 aliphatic rings. The molecule has 1 fully saturated rings. The monoisotopic (exact) mass is 274 g/mol. The van der Waals surface area contributed by atoms with Crippen molar-refractivity contribution in [3.8, 4) is 0 Å². The maximum absolute atomic E-state index is 12.5. The topological polar surface area (TPSA) is 32.3 Å². The Balaban J connectivity index is 1.94. The third-order valence-corrected chi connectivity index (χ3v) is 3.92. The molecule has 0 radical (unpaired) electrons. The zero-order chi connectivity index (χ0) is 14.5. The zero-order valence-electron chi connectivity index (χ0n) is 12.8. The highest BCUT2D eigenvalue weighted by atomic mass is 16.2. The summed E-state index contributed by atoms with van der Waals surface area (Å²) in [5.41, 5.74) is 1.16. The minimum Gasteiger partial charge on any atom is -0.348 e. The number of carbonyl (C=O) groups is 1. The molecule has 2 atom stereocenters. The molecule has 1 heterocycles. The van der Waals surface area contributed by atoms with Gasteiger partial charge in [-0.2, -0.15) is 0 Å². The lowest BCUT2D eigenvalue weighted by molar-refractivity contribution is -0.126. The summed E-state index contributed by atoms with van der Waals surface area (Å²) in [6.07, 6.45) is 2.12. The highest BCUT2D eigenvalue weighted by Crippen LogP contribution is 2.20. The quantitative estimate of drug-likeness (QED) is 0.895. The maximum atomic E-state index is 12.5. The van der Waals surface area contributed by atoms with Crippen LogP contribution < -0.4 is 5.32 Å². The molecule has 1 amide bonds. The SMILES string of the molecule is CC(C)CN1CCC[C@H]1C(=O)N[C@@H](C)c1ccccc1. The summed E-state index contributed by atoms with van der Waals surface area (Å²) in [7, 11) is 0. The number of benzene rings is 1. The van der Waals surface area contributed by atoms with Crippen molar-refractivity contribution >= 4 is 5.91 Å². The van der Waals surface area contributed by atoms with E-state index in [1.54, 1.807) is 0 Å². The van der Waals surface area contributed by atoms with E-state index in [0.717, 1.165) is 31.5 Å². The van der Waals surface area contributed by atoms with Gasteiger partial charge in [-0.15, -0.1) is 0 Å². The van der Waals surface area contributed by atoms with Crippen molar-refractivity contribution in [1.82, 2.24) is 10.2 Å². The normalized spacial score (nSPS) is 21.1. The van der Waals surface area contributed by atoms with Crippen molar-refractivity contribution in [3.63, 3.8) is 0 Å². The van der Waals surface area contributed by atoms with Crippen LogP contribution in [0.5, 0.6) is 0 Å². The molecule has 0 saturated carbocycles. The van der Waals surface area contributed by atoms with Gasteiger partial charge in [-0.05, 0) is 37.8 Å². The van der Waals surface area contributed by atoms with Crippen molar-refractivity contribution in [3.05, 3.63) is 35.9 Å². The summed E-state index contributed by atoms with van der Waals surface area (Å²) in [6.45, 7) is 8.53. The molecule has 0 aliphatic carbocycles. The summed E-state index contributed by atoms with van der Waals surface area (Å²) < 4.78 is 0. The second kappa shape index (κ2) is 6.89. The minimum absolute atomic E-state index is 0.0589. The molecule has 3 nitrogen and oxygen atoms in total. The molecule has 1 aromatic rings. The summed E-state index contributed by atoms with van der Waals surface area (Å²) in [6, 6.07) is 10.3. The van der Waals surface area contributed by atoms with Gasteiger partial charge < -0.3 is 5.32 Å². The lowest BCUT2D eigenvalue weighted by Gasteiger charge is -2.26. The first kappa shape index (κ1) is 15.0. The second-order valence-electron chi connectivity index (χ2n) is 6.19. The number of nitrogens with one attached hydrogen (secondary N) is 1. The van der Waals surface area contributed by atoms with Gasteiger partial charge in [-0.25, -0.2) is 0 Å². The molecule has 0 bridgehead atoms. The van der Waals surface area contributed by atoms with Gasteiger partial charge in [0.2, 0.25) is 5.91 Å². The lowest BCUT2D eigenvalue weighted by atomic mass is 10.1. The van der Waals surface area contributed by atoms with Gasteiger partial charge in [0.1, 0.15) is 0 Å². The zero-order valence-corrected chi connectivity index (χ0v) is 12.8. The van der Waals surface area contributed by atoms with E-state index in [-0.39, 0.29) is 18.0 Å². The molecule has 1 saturated heterocycles. The minimum atomic E-state index is 0.0589. The van der Waals surface area contributed by atoms with Crippen LogP contribution in [0.2, 0.25) is 0 Å². The van der Waals surface area contributed by atoms with Crippen LogP contribution in [-0.4, -0.2) is 29.9 Å². The molecule has 0 unspecified atom stereocenters. The van der Waals surface area contributed by atoms with Crippen molar-refractivity contribution < 1.29 is 4.79 Å². The Hall–Kier alpha value is -1.35. The van der Waals surface area contributed by atoms with Gasteiger partial charge in [0.25, 0.3) is 0 Å². The number of hydrogen-bond donors (Lipinski definition) is 1. The van der Waals surface area contributed by atoms with E-state index in [9.17, 15) is 4.79 Å². The Morgan fingerprint density at radius 1 is 1.30 bits per heavy atom. The van der Waals surface area contributed by atoms with Crippen molar-refractivity contribution in [2.45, 2.75) is 45.7 Å². The van der Waals surface area contributed by atoms with Gasteiger partial charge in [0.15, 0.2) is 0 Å². The predicted molar refractivity (Wildman–Crippen MR) is 82.4 cm³/mol. The molecular formula is C17H26N2O. The lowest BCUT2D eigenvalue weighted by Crippen LogP contribution is -2.45. The number of carbonyl (C=O) groups excluding carboxylic acids is 1. The maximum Gasteiger partial charge on any atom is 0.237 e. The molecule has 2 rings (SSSR count). The van der Waals surface area contributed by atoms with Crippen molar-refractivity contribution in [2.24, 2.45) is 5.92 Å². The number of likely N-dealkylation sites (tertiary alicyclic amines) is 1. The molecule has 110 valence electrons. The summed E-state index contributed by atoms with van der Waals surface area (Å²) >= 11 is 0. The molecule has 1 N–H and O–H groups in total. The fourth-order valence-electron chi connectivity index (χ4n) is 2.95. The standard InChI is InChI=1S/C17H26N2O/c1-13(2)12-19-11-7-10-16(19)17(20)18-14(3)15-8-5-4-6-9-15/h4-6,8-9,13-14,16H,7,10-12H2,1-3H3,(H,18,20)/t14-,16-/m0/s1. The number of hydrogen-bond acceptors (Lipinski definition) is 2. The average molecular weight is 274 g/mol. The van der Waals surface area contributed by atoms with Gasteiger partial charge >= 0.3 is 0 Å². The van der Waals surface area contributed by atoms with Crippen LogP contribution in [0.3, 0.4) is 0 Å².